The van der Waals surface area contributed by atoms with Crippen molar-refractivity contribution in [2.45, 2.75) is 49.2 Å². The maximum Gasteiger partial charge on any atom is 0.0317 e. The Morgan fingerprint density at radius 2 is 1.93 bits per heavy atom. The van der Waals surface area contributed by atoms with E-state index in [1.807, 2.05) is 17.8 Å². The lowest BCUT2D eigenvalue weighted by Crippen LogP contribution is -2.07. The minimum atomic E-state index is 0.834. The molecule has 0 bridgehead atoms. The Bertz CT molecular complexity index is 329. The summed E-state index contributed by atoms with van der Waals surface area (Å²) in [5, 5.41) is 0.834. The second kappa shape index (κ2) is 4.93. The van der Waals surface area contributed by atoms with E-state index in [4.69, 9.17) is 5.73 Å². The predicted molar refractivity (Wildman–Crippen MR) is 68.3 cm³/mol. The molecule has 1 saturated carbocycles. The van der Waals surface area contributed by atoms with E-state index in [2.05, 4.69) is 19.1 Å². The topological polar surface area (TPSA) is 26.0 Å². The van der Waals surface area contributed by atoms with Gasteiger partial charge < -0.3 is 5.73 Å². The highest BCUT2D eigenvalue weighted by Gasteiger charge is 2.15. The molecule has 2 N–H and O–H groups in total. The van der Waals surface area contributed by atoms with Gasteiger partial charge in [0, 0.05) is 15.8 Å². The third-order valence-corrected chi connectivity index (χ3v) is 4.56. The average Bonchev–Trinajstić information content (AvgIpc) is 2.24. The molecule has 1 aliphatic rings. The van der Waals surface area contributed by atoms with Crippen molar-refractivity contribution in [2.24, 2.45) is 0 Å². The van der Waals surface area contributed by atoms with Crippen molar-refractivity contribution < 1.29 is 0 Å². The van der Waals surface area contributed by atoms with Crippen LogP contribution >= 0.6 is 11.8 Å². The van der Waals surface area contributed by atoms with Gasteiger partial charge in [-0.2, -0.15) is 0 Å². The Kier molecular flexibility index (Phi) is 3.57. The number of nitrogen functional groups attached to an aromatic ring is 1. The lowest BCUT2D eigenvalue weighted by Gasteiger charge is -2.21. The van der Waals surface area contributed by atoms with Crippen molar-refractivity contribution in [3.63, 3.8) is 0 Å². The summed E-state index contributed by atoms with van der Waals surface area (Å²) in [7, 11) is 0. The molecule has 0 aliphatic heterocycles. The number of anilines is 1. The summed E-state index contributed by atoms with van der Waals surface area (Å²) in [6.07, 6.45) is 7.01. The molecule has 82 valence electrons. The molecular weight excluding hydrogens is 202 g/mol. The maximum atomic E-state index is 5.75. The molecule has 0 radical (unpaired) electrons. The minimum absolute atomic E-state index is 0.834. The van der Waals surface area contributed by atoms with Crippen LogP contribution in [0, 0.1) is 6.92 Å². The number of thioether (sulfide) groups is 1. The second-order valence-electron chi connectivity index (χ2n) is 4.40. The zero-order valence-electron chi connectivity index (χ0n) is 9.33. The van der Waals surface area contributed by atoms with Gasteiger partial charge in [-0.25, -0.2) is 0 Å². The Morgan fingerprint density at radius 1 is 1.20 bits per heavy atom. The largest absolute Gasteiger partial charge is 0.399 e. The monoisotopic (exact) mass is 221 g/mol. The first-order valence-electron chi connectivity index (χ1n) is 5.78. The highest BCUT2D eigenvalue weighted by atomic mass is 32.2. The lowest BCUT2D eigenvalue weighted by atomic mass is 10.0. The van der Waals surface area contributed by atoms with E-state index in [0.29, 0.717) is 0 Å². The molecule has 0 saturated heterocycles. The SMILES string of the molecule is Cc1cc(N)ccc1SC1CCCCC1. The molecule has 1 nitrogen and oxygen atoms in total. The Hall–Kier alpha value is -0.630. The van der Waals surface area contributed by atoms with Crippen molar-refractivity contribution in [1.29, 1.82) is 0 Å². The molecule has 0 atom stereocenters. The fourth-order valence-electron chi connectivity index (χ4n) is 2.17. The van der Waals surface area contributed by atoms with Gasteiger partial charge in [-0.15, -0.1) is 11.8 Å². The van der Waals surface area contributed by atoms with Crippen LogP contribution in [0.15, 0.2) is 23.1 Å². The maximum absolute atomic E-state index is 5.75. The van der Waals surface area contributed by atoms with Crippen LogP contribution in [0.3, 0.4) is 0 Å². The number of nitrogens with two attached hydrogens (primary N) is 1. The van der Waals surface area contributed by atoms with E-state index in [1.165, 1.54) is 42.6 Å². The van der Waals surface area contributed by atoms with Gasteiger partial charge in [0.1, 0.15) is 0 Å². The van der Waals surface area contributed by atoms with Crippen molar-refractivity contribution in [3.05, 3.63) is 23.8 Å². The van der Waals surface area contributed by atoms with Crippen LogP contribution in [-0.4, -0.2) is 5.25 Å². The summed E-state index contributed by atoms with van der Waals surface area (Å²) in [5.74, 6) is 0. The molecule has 0 aromatic heterocycles. The summed E-state index contributed by atoms with van der Waals surface area (Å²) in [6, 6.07) is 6.26. The van der Waals surface area contributed by atoms with Gasteiger partial charge in [-0.1, -0.05) is 19.3 Å². The molecule has 2 heteroatoms. The van der Waals surface area contributed by atoms with Gasteiger partial charge >= 0.3 is 0 Å². The van der Waals surface area contributed by atoms with Crippen LogP contribution in [0.25, 0.3) is 0 Å². The predicted octanol–water partition coefficient (Wildman–Crippen LogP) is 4.00. The van der Waals surface area contributed by atoms with Gasteiger partial charge in [0.05, 0.1) is 0 Å². The number of hydrogen-bond donors (Lipinski definition) is 1. The highest BCUT2D eigenvalue weighted by molar-refractivity contribution is 8.00. The van der Waals surface area contributed by atoms with Gasteiger partial charge in [0.25, 0.3) is 0 Å². The molecule has 0 spiro atoms. The first kappa shape index (κ1) is 10.9. The molecule has 2 rings (SSSR count). The van der Waals surface area contributed by atoms with Crippen LogP contribution in [0.4, 0.5) is 5.69 Å². The quantitative estimate of drug-likeness (QED) is 0.764. The smallest absolute Gasteiger partial charge is 0.0317 e. The number of benzene rings is 1. The summed E-state index contributed by atoms with van der Waals surface area (Å²) < 4.78 is 0. The molecular formula is C13H19NS. The molecule has 1 aromatic rings. The van der Waals surface area contributed by atoms with Crippen molar-refractivity contribution in [1.82, 2.24) is 0 Å². The molecule has 1 aliphatic carbocycles. The standard InChI is InChI=1S/C13H19NS/c1-10-9-11(14)7-8-13(10)15-12-5-3-2-4-6-12/h7-9,12H,2-6,14H2,1H3. The Morgan fingerprint density at radius 3 is 2.60 bits per heavy atom. The molecule has 0 unspecified atom stereocenters. The van der Waals surface area contributed by atoms with Crippen molar-refractivity contribution >= 4 is 17.4 Å². The average molecular weight is 221 g/mol. The van der Waals surface area contributed by atoms with Crippen molar-refractivity contribution in [2.75, 3.05) is 5.73 Å². The molecule has 15 heavy (non-hydrogen) atoms. The summed E-state index contributed by atoms with van der Waals surface area (Å²) >= 11 is 2.04. The molecule has 0 amide bonds. The number of hydrogen-bond acceptors (Lipinski definition) is 2. The van der Waals surface area contributed by atoms with Crippen LogP contribution in [0.2, 0.25) is 0 Å². The fraction of sp³-hybridized carbons (Fsp3) is 0.538. The second-order valence-corrected chi connectivity index (χ2v) is 5.74. The van der Waals surface area contributed by atoms with E-state index < -0.39 is 0 Å². The van der Waals surface area contributed by atoms with Crippen LogP contribution in [-0.2, 0) is 0 Å². The van der Waals surface area contributed by atoms with Crippen molar-refractivity contribution in [3.8, 4) is 0 Å². The highest BCUT2D eigenvalue weighted by Crippen LogP contribution is 2.35. The van der Waals surface area contributed by atoms with Gasteiger partial charge in [0.15, 0.2) is 0 Å². The number of rotatable bonds is 2. The van der Waals surface area contributed by atoms with E-state index in [0.717, 1.165) is 10.9 Å². The Balaban J connectivity index is 2.03. The van der Waals surface area contributed by atoms with Gasteiger partial charge in [-0.3, -0.25) is 0 Å². The van der Waals surface area contributed by atoms with Gasteiger partial charge in [-0.05, 0) is 43.5 Å². The van der Waals surface area contributed by atoms with E-state index in [1.54, 1.807) is 0 Å². The van der Waals surface area contributed by atoms with E-state index in [9.17, 15) is 0 Å². The number of aryl methyl sites for hydroxylation is 1. The third kappa shape index (κ3) is 2.91. The molecule has 1 aromatic carbocycles. The zero-order chi connectivity index (χ0) is 10.7. The van der Waals surface area contributed by atoms with Crippen LogP contribution in [0.5, 0.6) is 0 Å². The summed E-state index contributed by atoms with van der Waals surface area (Å²) in [5.41, 5.74) is 7.95. The van der Waals surface area contributed by atoms with E-state index >= 15 is 0 Å². The normalized spacial score (nSPS) is 17.9. The zero-order valence-corrected chi connectivity index (χ0v) is 10.1. The first-order valence-corrected chi connectivity index (χ1v) is 6.66. The summed E-state index contributed by atoms with van der Waals surface area (Å²) in [6.45, 7) is 2.15. The summed E-state index contributed by atoms with van der Waals surface area (Å²) in [4.78, 5) is 1.41. The van der Waals surface area contributed by atoms with E-state index in [-0.39, 0.29) is 0 Å². The third-order valence-electron chi connectivity index (χ3n) is 3.04. The molecule has 0 heterocycles. The van der Waals surface area contributed by atoms with Gasteiger partial charge in [0.2, 0.25) is 0 Å². The van der Waals surface area contributed by atoms with Crippen LogP contribution < -0.4 is 5.73 Å². The molecule has 1 fully saturated rings. The Labute approximate surface area is 96.4 Å². The van der Waals surface area contributed by atoms with Crippen LogP contribution in [0.1, 0.15) is 37.7 Å². The minimum Gasteiger partial charge on any atom is -0.399 e. The lowest BCUT2D eigenvalue weighted by molar-refractivity contribution is 0.516. The fourth-order valence-corrected chi connectivity index (χ4v) is 3.49. The first-order chi connectivity index (χ1) is 7.25.